The highest BCUT2D eigenvalue weighted by atomic mass is 16.5. The number of nitrogens with zero attached hydrogens (tertiary/aromatic N) is 3. The van der Waals surface area contributed by atoms with Crippen LogP contribution in [-0.2, 0) is 14.3 Å². The zero-order chi connectivity index (χ0) is 22.0. The van der Waals surface area contributed by atoms with Crippen LogP contribution >= 0.6 is 0 Å². The van der Waals surface area contributed by atoms with E-state index in [1.165, 1.54) is 22.4 Å². The van der Waals surface area contributed by atoms with Crippen LogP contribution in [-0.4, -0.2) is 54.2 Å². The summed E-state index contributed by atoms with van der Waals surface area (Å²) in [6.45, 7) is 14.1. The molecule has 0 saturated carbocycles. The van der Waals surface area contributed by atoms with Crippen molar-refractivity contribution in [3.05, 3.63) is 52.9 Å². The second-order valence-corrected chi connectivity index (χ2v) is 7.93. The molecule has 7 heteroatoms. The van der Waals surface area contributed by atoms with Crippen LogP contribution in [0.4, 0.5) is 5.69 Å². The molecule has 0 aromatic heterocycles. The van der Waals surface area contributed by atoms with Gasteiger partial charge in [0.15, 0.2) is 6.29 Å². The zero-order valence-electron chi connectivity index (χ0n) is 18.4. The first-order chi connectivity index (χ1) is 14.3. The Labute approximate surface area is 178 Å². The molecule has 1 aromatic rings. The van der Waals surface area contributed by atoms with E-state index in [4.69, 9.17) is 10.5 Å². The van der Waals surface area contributed by atoms with Crippen LogP contribution in [0.5, 0.6) is 0 Å². The van der Waals surface area contributed by atoms with Gasteiger partial charge in [0.25, 0.3) is 0 Å². The molecule has 0 spiro atoms. The molecule has 0 radical (unpaired) electrons. The Bertz CT molecular complexity index is 869. The van der Waals surface area contributed by atoms with Gasteiger partial charge in [-0.15, -0.1) is 0 Å². The van der Waals surface area contributed by atoms with Crippen LogP contribution in [0.15, 0.2) is 36.2 Å². The third-order valence-electron chi connectivity index (χ3n) is 5.71. The molecule has 0 bridgehead atoms. The molecule has 2 aliphatic heterocycles. The van der Waals surface area contributed by atoms with Crippen molar-refractivity contribution in [3.63, 3.8) is 0 Å². The predicted octanol–water partition coefficient (Wildman–Crippen LogP) is 2.56. The second-order valence-electron chi connectivity index (χ2n) is 7.93. The molecule has 7 nitrogen and oxygen atoms in total. The number of carbonyl (C=O) groups is 2. The molecule has 1 amide bonds. The fourth-order valence-corrected chi connectivity index (χ4v) is 4.76. The van der Waals surface area contributed by atoms with Crippen molar-refractivity contribution in [1.29, 1.82) is 0 Å². The van der Waals surface area contributed by atoms with Gasteiger partial charge in [0.05, 0.1) is 0 Å². The van der Waals surface area contributed by atoms with E-state index in [1.54, 1.807) is 6.08 Å². The third kappa shape index (κ3) is 3.88. The van der Waals surface area contributed by atoms with Crippen LogP contribution in [0.25, 0.3) is 0 Å². The van der Waals surface area contributed by atoms with Gasteiger partial charge in [-0.1, -0.05) is 37.3 Å². The minimum atomic E-state index is -0.355. The first-order valence-corrected chi connectivity index (χ1v) is 10.5. The molecular formula is C23H32N4O3. The summed E-state index contributed by atoms with van der Waals surface area (Å²) in [4.78, 5) is 31.0. The normalized spacial score (nSPS) is 18.1. The number of carbonyl (C=O) groups excluding carboxylic acids is 2. The molecule has 3 rings (SSSR count). The number of benzene rings is 1. The molecule has 1 atom stereocenters. The molecule has 30 heavy (non-hydrogen) atoms. The summed E-state index contributed by atoms with van der Waals surface area (Å²) < 4.78 is 5.40. The summed E-state index contributed by atoms with van der Waals surface area (Å²) in [6.07, 6.45) is 2.27. The quantitative estimate of drug-likeness (QED) is 0.522. The maximum Gasteiger partial charge on any atom is 0.356 e. The highest BCUT2D eigenvalue weighted by molar-refractivity contribution is 5.90. The average Bonchev–Trinajstić information content (AvgIpc) is 3.21. The van der Waals surface area contributed by atoms with E-state index in [1.807, 2.05) is 6.92 Å². The zero-order valence-corrected chi connectivity index (χ0v) is 18.4. The predicted molar refractivity (Wildman–Crippen MR) is 117 cm³/mol. The number of esters is 1. The van der Waals surface area contributed by atoms with Gasteiger partial charge in [-0.05, 0) is 38.3 Å². The van der Waals surface area contributed by atoms with Crippen molar-refractivity contribution in [2.45, 2.75) is 46.8 Å². The summed E-state index contributed by atoms with van der Waals surface area (Å²) in [5.41, 5.74) is 11.7. The fraction of sp³-hybridized carbons (Fsp3) is 0.478. The van der Waals surface area contributed by atoms with Crippen molar-refractivity contribution in [2.75, 3.05) is 31.1 Å². The lowest BCUT2D eigenvalue weighted by Crippen LogP contribution is -2.48. The Balaban J connectivity index is 2.04. The standard InChI is InChI=1S/C23H32N4O3/c1-6-12-30-22(29)21-18(7-2)25(9-8-19(24)28)23-26(10-11-27(21)23)20-16(4)13-15(3)14-17(20)5/h6,13-14,23H,1,7-12H2,2-5H3,(H2,24,28). The molecule has 2 N–H and O–H groups in total. The number of amides is 1. The maximum atomic E-state index is 12.9. The summed E-state index contributed by atoms with van der Waals surface area (Å²) in [5, 5.41) is 0. The molecule has 1 fully saturated rings. The minimum Gasteiger partial charge on any atom is -0.457 e. The molecule has 1 saturated heterocycles. The number of rotatable bonds is 8. The molecule has 2 aliphatic rings. The Morgan fingerprint density at radius 3 is 2.40 bits per heavy atom. The van der Waals surface area contributed by atoms with Crippen LogP contribution in [0, 0.1) is 20.8 Å². The lowest BCUT2D eigenvalue weighted by molar-refractivity contribution is -0.139. The van der Waals surface area contributed by atoms with E-state index in [-0.39, 0.29) is 31.2 Å². The Morgan fingerprint density at radius 1 is 1.20 bits per heavy atom. The average molecular weight is 413 g/mol. The van der Waals surface area contributed by atoms with Gasteiger partial charge in [-0.25, -0.2) is 4.79 Å². The van der Waals surface area contributed by atoms with E-state index >= 15 is 0 Å². The number of aryl methyl sites for hydroxylation is 3. The van der Waals surface area contributed by atoms with Crippen molar-refractivity contribution >= 4 is 17.6 Å². The number of hydrogen-bond donors (Lipinski definition) is 1. The van der Waals surface area contributed by atoms with Gasteiger partial charge in [0.2, 0.25) is 5.91 Å². The van der Waals surface area contributed by atoms with Gasteiger partial charge >= 0.3 is 5.97 Å². The topological polar surface area (TPSA) is 79.1 Å². The lowest BCUT2D eigenvalue weighted by Gasteiger charge is -2.37. The summed E-state index contributed by atoms with van der Waals surface area (Å²) in [7, 11) is 0. The van der Waals surface area contributed by atoms with Crippen LogP contribution in [0.3, 0.4) is 0 Å². The van der Waals surface area contributed by atoms with Gasteiger partial charge in [-0.3, -0.25) is 4.79 Å². The van der Waals surface area contributed by atoms with Gasteiger partial charge in [0.1, 0.15) is 12.3 Å². The molecule has 1 unspecified atom stereocenters. The Morgan fingerprint density at radius 2 is 1.83 bits per heavy atom. The second kappa shape index (κ2) is 8.81. The molecule has 162 valence electrons. The van der Waals surface area contributed by atoms with Gasteiger partial charge < -0.3 is 25.2 Å². The van der Waals surface area contributed by atoms with Crippen molar-refractivity contribution in [2.24, 2.45) is 5.73 Å². The minimum absolute atomic E-state index is 0.166. The Hall–Kier alpha value is -2.96. The molecule has 1 aromatic carbocycles. The summed E-state index contributed by atoms with van der Waals surface area (Å²) in [5.74, 6) is -0.704. The number of nitrogens with two attached hydrogens (primary N) is 1. The van der Waals surface area contributed by atoms with Crippen LogP contribution < -0.4 is 10.6 Å². The molecule has 2 heterocycles. The van der Waals surface area contributed by atoms with Crippen LogP contribution in [0.2, 0.25) is 0 Å². The largest absolute Gasteiger partial charge is 0.457 e. The lowest BCUT2D eigenvalue weighted by atomic mass is 10.0. The van der Waals surface area contributed by atoms with Crippen molar-refractivity contribution in [1.82, 2.24) is 9.80 Å². The third-order valence-corrected chi connectivity index (χ3v) is 5.71. The maximum absolute atomic E-state index is 12.9. The first-order valence-electron chi connectivity index (χ1n) is 10.5. The highest BCUT2D eigenvalue weighted by Crippen LogP contribution is 2.41. The molecule has 0 aliphatic carbocycles. The summed E-state index contributed by atoms with van der Waals surface area (Å²) in [6, 6.07) is 4.36. The van der Waals surface area contributed by atoms with Crippen LogP contribution in [0.1, 0.15) is 36.5 Å². The number of hydrogen-bond acceptors (Lipinski definition) is 6. The first kappa shape index (κ1) is 21.7. The van der Waals surface area contributed by atoms with E-state index < -0.39 is 0 Å². The van der Waals surface area contributed by atoms with E-state index in [9.17, 15) is 9.59 Å². The number of fused-ring (bicyclic) bond motifs is 1. The van der Waals surface area contributed by atoms with E-state index in [2.05, 4.69) is 54.2 Å². The molecular weight excluding hydrogens is 380 g/mol. The fourth-order valence-electron chi connectivity index (χ4n) is 4.76. The summed E-state index contributed by atoms with van der Waals surface area (Å²) >= 11 is 0. The monoisotopic (exact) mass is 412 g/mol. The highest BCUT2D eigenvalue weighted by Gasteiger charge is 2.48. The smallest absolute Gasteiger partial charge is 0.356 e. The number of allylic oxidation sites excluding steroid dienone is 1. The van der Waals surface area contributed by atoms with Gasteiger partial charge in [-0.2, -0.15) is 0 Å². The Kier molecular flexibility index (Phi) is 6.39. The number of anilines is 1. The van der Waals surface area contributed by atoms with Gasteiger partial charge in [0, 0.05) is 37.4 Å². The number of ether oxygens (including phenoxy) is 1. The van der Waals surface area contributed by atoms with E-state index in [0.29, 0.717) is 25.2 Å². The number of primary amides is 1. The SMILES string of the molecule is C=CCOC(=O)C1=C(CC)N(CCC(N)=O)C2N1CCN2c1c(C)cc(C)cc1C. The van der Waals surface area contributed by atoms with Crippen molar-refractivity contribution < 1.29 is 14.3 Å². The van der Waals surface area contributed by atoms with E-state index in [0.717, 1.165) is 12.2 Å². The van der Waals surface area contributed by atoms with Crippen molar-refractivity contribution in [3.8, 4) is 0 Å².